The Kier molecular flexibility index (Phi) is 1.43. The van der Waals surface area contributed by atoms with E-state index in [9.17, 15) is 5.11 Å². The molecule has 2 heterocycles. The van der Waals surface area contributed by atoms with Crippen LogP contribution in [0.25, 0.3) is 21.9 Å². The zero-order valence-corrected chi connectivity index (χ0v) is 7.36. The molecule has 2 aromatic heterocycles. The third kappa shape index (κ3) is 0.845. The van der Waals surface area contributed by atoms with Gasteiger partial charge in [0.1, 0.15) is 11.2 Å². The van der Waals surface area contributed by atoms with Crippen molar-refractivity contribution >= 4 is 21.9 Å². The molecule has 0 saturated heterocycles. The second-order valence-electron chi connectivity index (χ2n) is 3.18. The first-order chi connectivity index (χ1) is 6.90. The zero-order chi connectivity index (χ0) is 9.54. The van der Waals surface area contributed by atoms with E-state index in [1.807, 2.05) is 18.2 Å². The molecular weight excluding hydrogens is 180 g/mol. The van der Waals surface area contributed by atoms with Crippen LogP contribution in [0, 0.1) is 0 Å². The van der Waals surface area contributed by atoms with Crippen molar-refractivity contribution in [1.82, 2.24) is 0 Å². The highest BCUT2D eigenvalue weighted by Crippen LogP contribution is 2.29. The number of furan rings is 2. The van der Waals surface area contributed by atoms with Crippen LogP contribution in [-0.4, -0.2) is 5.11 Å². The molecule has 0 saturated carbocycles. The minimum absolute atomic E-state index is 0.0408. The van der Waals surface area contributed by atoms with Gasteiger partial charge in [-0.1, -0.05) is 0 Å². The zero-order valence-electron chi connectivity index (χ0n) is 7.36. The molecule has 0 unspecified atom stereocenters. The molecule has 0 aliphatic rings. The topological polar surface area (TPSA) is 46.5 Å². The van der Waals surface area contributed by atoms with Crippen LogP contribution in [0.1, 0.15) is 5.56 Å². The van der Waals surface area contributed by atoms with Crippen molar-refractivity contribution in [2.75, 3.05) is 0 Å². The predicted octanol–water partition coefficient (Wildman–Crippen LogP) is 2.67. The lowest BCUT2D eigenvalue weighted by molar-refractivity contribution is 0.283. The van der Waals surface area contributed by atoms with Crippen molar-refractivity contribution in [2.24, 2.45) is 0 Å². The Morgan fingerprint density at radius 1 is 1.14 bits per heavy atom. The summed E-state index contributed by atoms with van der Waals surface area (Å²) in [5, 5.41) is 11.1. The molecule has 3 rings (SSSR count). The van der Waals surface area contributed by atoms with Crippen molar-refractivity contribution < 1.29 is 13.9 Å². The van der Waals surface area contributed by atoms with Gasteiger partial charge in [-0.15, -0.1) is 0 Å². The van der Waals surface area contributed by atoms with Gasteiger partial charge < -0.3 is 13.9 Å². The van der Waals surface area contributed by atoms with Gasteiger partial charge in [-0.3, -0.25) is 0 Å². The second kappa shape index (κ2) is 2.62. The van der Waals surface area contributed by atoms with Gasteiger partial charge in [0.25, 0.3) is 0 Å². The van der Waals surface area contributed by atoms with E-state index in [-0.39, 0.29) is 6.61 Å². The number of fused-ring (bicyclic) bond motifs is 2. The molecule has 70 valence electrons. The number of aliphatic hydroxyl groups is 1. The molecular formula is C11H8O3. The molecule has 0 bridgehead atoms. The molecule has 0 aliphatic heterocycles. The van der Waals surface area contributed by atoms with Gasteiger partial charge in [0, 0.05) is 16.3 Å². The van der Waals surface area contributed by atoms with Crippen LogP contribution >= 0.6 is 0 Å². The predicted molar refractivity (Wildman–Crippen MR) is 51.9 cm³/mol. The van der Waals surface area contributed by atoms with Crippen LogP contribution in [0.4, 0.5) is 0 Å². The standard InChI is InChI=1S/C11H8O3/c12-6-9-8-2-4-13-10(8)5-7-1-3-14-11(7)9/h1-5,12H,6H2. The van der Waals surface area contributed by atoms with Crippen molar-refractivity contribution in [3.63, 3.8) is 0 Å². The molecule has 0 fully saturated rings. The summed E-state index contributed by atoms with van der Waals surface area (Å²) in [6.07, 6.45) is 3.23. The minimum atomic E-state index is -0.0408. The van der Waals surface area contributed by atoms with E-state index >= 15 is 0 Å². The maximum atomic E-state index is 9.27. The number of hydrogen-bond acceptors (Lipinski definition) is 3. The van der Waals surface area contributed by atoms with Crippen molar-refractivity contribution in [2.45, 2.75) is 6.61 Å². The summed E-state index contributed by atoms with van der Waals surface area (Å²) in [5.41, 5.74) is 2.31. The fourth-order valence-electron chi connectivity index (χ4n) is 1.78. The number of hydrogen-bond donors (Lipinski definition) is 1. The first kappa shape index (κ1) is 7.64. The normalized spacial score (nSPS) is 11.5. The molecule has 3 nitrogen and oxygen atoms in total. The van der Waals surface area contributed by atoms with E-state index in [0.29, 0.717) is 0 Å². The summed E-state index contributed by atoms with van der Waals surface area (Å²) < 4.78 is 10.6. The third-order valence-electron chi connectivity index (χ3n) is 2.43. The van der Waals surface area contributed by atoms with E-state index in [0.717, 1.165) is 27.5 Å². The molecule has 0 spiro atoms. The molecule has 0 aliphatic carbocycles. The van der Waals surface area contributed by atoms with Crippen LogP contribution in [0.2, 0.25) is 0 Å². The first-order valence-corrected chi connectivity index (χ1v) is 4.37. The highest BCUT2D eigenvalue weighted by Gasteiger charge is 2.10. The Bertz CT molecular complexity index is 540. The second-order valence-corrected chi connectivity index (χ2v) is 3.18. The third-order valence-corrected chi connectivity index (χ3v) is 2.43. The Morgan fingerprint density at radius 2 is 2.00 bits per heavy atom. The Labute approximate surface area is 79.5 Å². The van der Waals surface area contributed by atoms with E-state index < -0.39 is 0 Å². The van der Waals surface area contributed by atoms with Crippen LogP contribution in [-0.2, 0) is 6.61 Å². The quantitative estimate of drug-likeness (QED) is 0.638. The molecule has 3 aromatic rings. The number of rotatable bonds is 1. The largest absolute Gasteiger partial charge is 0.464 e. The summed E-state index contributed by atoms with van der Waals surface area (Å²) in [7, 11) is 0. The highest BCUT2D eigenvalue weighted by atomic mass is 16.3. The average Bonchev–Trinajstić information content (AvgIpc) is 2.80. The van der Waals surface area contributed by atoms with Crippen LogP contribution in [0.3, 0.4) is 0 Å². The maximum Gasteiger partial charge on any atom is 0.140 e. The first-order valence-electron chi connectivity index (χ1n) is 4.37. The average molecular weight is 188 g/mol. The number of aliphatic hydroxyl groups excluding tert-OH is 1. The van der Waals surface area contributed by atoms with Gasteiger partial charge >= 0.3 is 0 Å². The van der Waals surface area contributed by atoms with Crippen molar-refractivity contribution in [1.29, 1.82) is 0 Å². The SMILES string of the molecule is OCc1c2ccoc2cc2ccoc12. The Balaban J connectivity index is 2.59. The van der Waals surface area contributed by atoms with Crippen LogP contribution in [0.5, 0.6) is 0 Å². The van der Waals surface area contributed by atoms with Crippen LogP contribution in [0.15, 0.2) is 39.6 Å². The summed E-state index contributed by atoms with van der Waals surface area (Å²) in [5.74, 6) is 0. The van der Waals surface area contributed by atoms with Gasteiger partial charge in [-0.25, -0.2) is 0 Å². The smallest absolute Gasteiger partial charge is 0.140 e. The van der Waals surface area contributed by atoms with Gasteiger partial charge in [0.2, 0.25) is 0 Å². The number of benzene rings is 1. The van der Waals surface area contributed by atoms with Gasteiger partial charge in [0.15, 0.2) is 0 Å². The molecule has 3 heteroatoms. The van der Waals surface area contributed by atoms with E-state index in [1.54, 1.807) is 12.5 Å². The molecule has 1 aromatic carbocycles. The summed E-state index contributed by atoms with van der Waals surface area (Å²) in [4.78, 5) is 0. The van der Waals surface area contributed by atoms with Gasteiger partial charge in [0.05, 0.1) is 19.1 Å². The van der Waals surface area contributed by atoms with E-state index in [2.05, 4.69) is 0 Å². The monoisotopic (exact) mass is 188 g/mol. The lowest BCUT2D eigenvalue weighted by Crippen LogP contribution is -1.84. The summed E-state index contributed by atoms with van der Waals surface area (Å²) >= 11 is 0. The fourth-order valence-corrected chi connectivity index (χ4v) is 1.78. The minimum Gasteiger partial charge on any atom is -0.464 e. The Hall–Kier alpha value is -1.74. The summed E-state index contributed by atoms with van der Waals surface area (Å²) in [6.45, 7) is -0.0408. The molecule has 0 atom stereocenters. The van der Waals surface area contributed by atoms with Gasteiger partial charge in [-0.2, -0.15) is 0 Å². The fraction of sp³-hybridized carbons (Fsp3) is 0.0909. The molecule has 14 heavy (non-hydrogen) atoms. The van der Waals surface area contributed by atoms with Crippen molar-refractivity contribution in [3.8, 4) is 0 Å². The molecule has 1 N–H and O–H groups in total. The lowest BCUT2D eigenvalue weighted by Gasteiger charge is -1.99. The molecule has 0 amide bonds. The molecule has 0 radical (unpaired) electrons. The van der Waals surface area contributed by atoms with Crippen molar-refractivity contribution in [3.05, 3.63) is 36.3 Å². The van der Waals surface area contributed by atoms with Gasteiger partial charge in [-0.05, 0) is 18.2 Å². The summed E-state index contributed by atoms with van der Waals surface area (Å²) in [6, 6.07) is 5.60. The Morgan fingerprint density at radius 3 is 2.86 bits per heavy atom. The van der Waals surface area contributed by atoms with Crippen LogP contribution < -0.4 is 0 Å². The van der Waals surface area contributed by atoms with E-state index in [4.69, 9.17) is 8.83 Å². The highest BCUT2D eigenvalue weighted by molar-refractivity contribution is 5.97. The lowest BCUT2D eigenvalue weighted by atomic mass is 10.1. The maximum absolute atomic E-state index is 9.27. The van der Waals surface area contributed by atoms with E-state index in [1.165, 1.54) is 0 Å².